The summed E-state index contributed by atoms with van der Waals surface area (Å²) in [5, 5.41) is 6.56. The zero-order valence-electron chi connectivity index (χ0n) is 17.9. The van der Waals surface area contributed by atoms with E-state index in [-0.39, 0.29) is 0 Å². The minimum atomic E-state index is -0.822. The highest BCUT2D eigenvalue weighted by molar-refractivity contribution is 6.39. The maximum absolute atomic E-state index is 12.1. The fraction of sp³-hybridized carbons (Fsp3) is 0.208. The summed E-state index contributed by atoms with van der Waals surface area (Å²) >= 11 is 0. The van der Waals surface area contributed by atoms with Crippen LogP contribution in [0.25, 0.3) is 5.69 Å². The lowest BCUT2D eigenvalue weighted by Gasteiger charge is -2.09. The highest BCUT2D eigenvalue weighted by Crippen LogP contribution is 2.20. The Bertz CT molecular complexity index is 1100. The Morgan fingerprint density at radius 3 is 2.10 bits per heavy atom. The summed E-state index contributed by atoms with van der Waals surface area (Å²) < 4.78 is 2.12. The lowest BCUT2D eigenvalue weighted by molar-refractivity contribution is -0.136. The molecule has 0 fully saturated rings. The maximum Gasteiger partial charge on any atom is 0.329 e. The Balaban J connectivity index is 1.67. The van der Waals surface area contributed by atoms with Crippen molar-refractivity contribution in [1.29, 1.82) is 0 Å². The van der Waals surface area contributed by atoms with Crippen LogP contribution in [-0.2, 0) is 9.59 Å². The lowest BCUT2D eigenvalue weighted by atomic mass is 10.1. The van der Waals surface area contributed by atoms with Crippen LogP contribution < -0.4 is 10.7 Å². The zero-order valence-corrected chi connectivity index (χ0v) is 17.9. The minimum Gasteiger partial charge on any atom is -0.318 e. The van der Waals surface area contributed by atoms with Gasteiger partial charge in [0.15, 0.2) is 0 Å². The van der Waals surface area contributed by atoms with Gasteiger partial charge in [0.2, 0.25) is 0 Å². The Hall–Kier alpha value is -3.67. The van der Waals surface area contributed by atoms with Crippen LogP contribution in [0.3, 0.4) is 0 Å². The van der Waals surface area contributed by atoms with Gasteiger partial charge in [-0.15, -0.1) is 0 Å². The third kappa shape index (κ3) is 4.84. The van der Waals surface area contributed by atoms with E-state index in [1.165, 1.54) is 5.56 Å². The van der Waals surface area contributed by atoms with Gasteiger partial charge in [-0.3, -0.25) is 9.59 Å². The van der Waals surface area contributed by atoms with Gasteiger partial charge in [0, 0.05) is 28.3 Å². The first kappa shape index (κ1) is 21.0. The molecule has 0 atom stereocenters. The molecule has 0 spiro atoms. The second-order valence-corrected chi connectivity index (χ2v) is 7.53. The van der Waals surface area contributed by atoms with E-state index in [1.54, 1.807) is 18.3 Å². The van der Waals surface area contributed by atoms with E-state index in [2.05, 4.69) is 51.6 Å². The van der Waals surface area contributed by atoms with Crippen LogP contribution in [0.2, 0.25) is 0 Å². The average Bonchev–Trinajstić information content (AvgIpc) is 2.95. The summed E-state index contributed by atoms with van der Waals surface area (Å²) in [6.45, 7) is 9.92. The van der Waals surface area contributed by atoms with Crippen molar-refractivity contribution >= 4 is 23.7 Å². The molecular formula is C24H26N4O2. The summed E-state index contributed by atoms with van der Waals surface area (Å²) in [7, 11) is 0. The minimum absolute atomic E-state index is 0.582. The van der Waals surface area contributed by atoms with Crippen molar-refractivity contribution in [2.75, 3.05) is 5.32 Å². The number of anilines is 1. The molecule has 0 bridgehead atoms. The fourth-order valence-electron chi connectivity index (χ4n) is 3.46. The first-order valence-electron chi connectivity index (χ1n) is 9.73. The van der Waals surface area contributed by atoms with E-state index < -0.39 is 11.8 Å². The number of hydrogen-bond donors (Lipinski definition) is 2. The van der Waals surface area contributed by atoms with Gasteiger partial charge in [-0.25, -0.2) is 5.43 Å². The number of rotatable bonds is 4. The molecule has 0 aliphatic heterocycles. The molecule has 2 aromatic carbocycles. The first-order chi connectivity index (χ1) is 14.2. The SMILES string of the molecule is Cc1ccc(-n2c(C)cc(/C=N\NC(=O)C(=O)Nc3cc(C)cc(C)c3)c2C)cc1. The fourth-order valence-corrected chi connectivity index (χ4v) is 3.46. The van der Waals surface area contributed by atoms with E-state index in [1.807, 2.05) is 39.8 Å². The zero-order chi connectivity index (χ0) is 21.8. The molecular weight excluding hydrogens is 376 g/mol. The van der Waals surface area contributed by atoms with Gasteiger partial charge in [-0.2, -0.15) is 5.10 Å². The highest BCUT2D eigenvalue weighted by atomic mass is 16.2. The van der Waals surface area contributed by atoms with Crippen molar-refractivity contribution in [3.8, 4) is 5.69 Å². The van der Waals surface area contributed by atoms with E-state index in [4.69, 9.17) is 0 Å². The van der Waals surface area contributed by atoms with Crippen LogP contribution in [0.15, 0.2) is 53.6 Å². The first-order valence-corrected chi connectivity index (χ1v) is 9.73. The molecule has 6 nitrogen and oxygen atoms in total. The normalized spacial score (nSPS) is 11.0. The predicted molar refractivity (Wildman–Crippen MR) is 120 cm³/mol. The molecule has 0 saturated heterocycles. The van der Waals surface area contributed by atoms with Gasteiger partial charge < -0.3 is 9.88 Å². The molecule has 0 aliphatic rings. The molecule has 3 aromatic rings. The number of aryl methyl sites for hydroxylation is 4. The quantitative estimate of drug-likeness (QED) is 0.391. The third-order valence-corrected chi connectivity index (χ3v) is 4.82. The summed E-state index contributed by atoms with van der Waals surface area (Å²) in [6.07, 6.45) is 1.55. The summed E-state index contributed by atoms with van der Waals surface area (Å²) in [5.41, 5.74) is 10.1. The maximum atomic E-state index is 12.1. The third-order valence-electron chi connectivity index (χ3n) is 4.82. The number of nitrogens with one attached hydrogen (secondary N) is 2. The van der Waals surface area contributed by atoms with Crippen LogP contribution in [-0.4, -0.2) is 22.6 Å². The van der Waals surface area contributed by atoms with Crippen LogP contribution in [0, 0.1) is 34.6 Å². The molecule has 6 heteroatoms. The van der Waals surface area contributed by atoms with Crippen molar-refractivity contribution in [3.05, 3.63) is 82.2 Å². The molecule has 154 valence electrons. The number of hydrazone groups is 1. The largest absolute Gasteiger partial charge is 0.329 e. The Morgan fingerprint density at radius 2 is 1.47 bits per heavy atom. The number of amides is 2. The number of aromatic nitrogens is 1. The molecule has 0 unspecified atom stereocenters. The second-order valence-electron chi connectivity index (χ2n) is 7.53. The van der Waals surface area contributed by atoms with Crippen LogP contribution in [0.1, 0.15) is 33.6 Å². The number of nitrogens with zero attached hydrogens (tertiary/aromatic N) is 2. The van der Waals surface area contributed by atoms with Gasteiger partial charge in [-0.05, 0) is 76.1 Å². The van der Waals surface area contributed by atoms with Gasteiger partial charge in [0.1, 0.15) is 0 Å². The Morgan fingerprint density at radius 1 is 0.833 bits per heavy atom. The second kappa shape index (κ2) is 8.78. The standard InChI is InChI=1S/C24H26N4O2/c1-15-6-8-22(9-7-15)28-18(4)13-20(19(28)5)14-25-27-24(30)23(29)26-21-11-16(2)10-17(3)12-21/h6-14H,1-5H3,(H,26,29)(H,27,30)/b25-14-. The predicted octanol–water partition coefficient (Wildman–Crippen LogP) is 4.11. The summed E-state index contributed by atoms with van der Waals surface area (Å²) in [5.74, 6) is -1.58. The van der Waals surface area contributed by atoms with E-state index in [0.717, 1.165) is 33.8 Å². The van der Waals surface area contributed by atoms with Gasteiger partial charge in [-0.1, -0.05) is 23.8 Å². The van der Waals surface area contributed by atoms with Crippen molar-refractivity contribution in [2.24, 2.45) is 5.10 Å². The lowest BCUT2D eigenvalue weighted by Crippen LogP contribution is -2.32. The average molecular weight is 402 g/mol. The summed E-state index contributed by atoms with van der Waals surface area (Å²) in [6, 6.07) is 15.9. The van der Waals surface area contributed by atoms with Crippen LogP contribution >= 0.6 is 0 Å². The highest BCUT2D eigenvalue weighted by Gasteiger charge is 2.14. The molecule has 1 heterocycles. The van der Waals surface area contributed by atoms with Crippen molar-refractivity contribution in [2.45, 2.75) is 34.6 Å². The summed E-state index contributed by atoms with van der Waals surface area (Å²) in [4.78, 5) is 24.2. The Kier molecular flexibility index (Phi) is 6.16. The topological polar surface area (TPSA) is 75.5 Å². The van der Waals surface area contributed by atoms with Crippen molar-refractivity contribution in [3.63, 3.8) is 0 Å². The van der Waals surface area contributed by atoms with E-state index >= 15 is 0 Å². The number of carbonyl (C=O) groups is 2. The molecule has 1 aromatic heterocycles. The molecule has 2 amide bonds. The molecule has 0 radical (unpaired) electrons. The van der Waals surface area contributed by atoms with E-state index in [9.17, 15) is 9.59 Å². The van der Waals surface area contributed by atoms with E-state index in [0.29, 0.717) is 5.69 Å². The number of hydrogen-bond acceptors (Lipinski definition) is 3. The van der Waals surface area contributed by atoms with Crippen molar-refractivity contribution < 1.29 is 9.59 Å². The monoisotopic (exact) mass is 402 g/mol. The molecule has 30 heavy (non-hydrogen) atoms. The van der Waals surface area contributed by atoms with Crippen molar-refractivity contribution in [1.82, 2.24) is 9.99 Å². The van der Waals surface area contributed by atoms with Crippen LogP contribution in [0.4, 0.5) is 5.69 Å². The van der Waals surface area contributed by atoms with Gasteiger partial charge >= 0.3 is 11.8 Å². The molecule has 0 aliphatic carbocycles. The molecule has 3 rings (SSSR count). The van der Waals surface area contributed by atoms with Gasteiger partial charge in [0.25, 0.3) is 0 Å². The number of benzene rings is 2. The molecule has 0 saturated carbocycles. The number of carbonyl (C=O) groups excluding carboxylic acids is 2. The Labute approximate surface area is 176 Å². The van der Waals surface area contributed by atoms with Crippen LogP contribution in [0.5, 0.6) is 0 Å². The smallest absolute Gasteiger partial charge is 0.318 e. The van der Waals surface area contributed by atoms with Gasteiger partial charge in [0.05, 0.1) is 6.21 Å². The molecule has 2 N–H and O–H groups in total.